The first kappa shape index (κ1) is 6.23. The van der Waals surface area contributed by atoms with Crippen molar-refractivity contribution in [3.63, 3.8) is 0 Å². The quantitative estimate of drug-likeness (QED) is 0.201. The summed E-state index contributed by atoms with van der Waals surface area (Å²) >= 11 is 0. The van der Waals surface area contributed by atoms with Crippen molar-refractivity contribution in [2.24, 2.45) is 5.73 Å². The Morgan fingerprint density at radius 1 is 1.86 bits per heavy atom. The molecule has 0 saturated carbocycles. The number of nitrogens with two attached hydrogens (primary N) is 1. The van der Waals surface area contributed by atoms with Gasteiger partial charge in [0.15, 0.2) is 5.96 Å². The van der Waals surface area contributed by atoms with Gasteiger partial charge in [-0.2, -0.15) is 0 Å². The first-order valence-electron chi connectivity index (χ1n) is 1.89. The van der Waals surface area contributed by atoms with Crippen LogP contribution in [0.3, 0.4) is 0 Å². The fourth-order valence-electron chi connectivity index (χ4n) is 0.158. The SMILES string of the molecule is [CH2]CNNC(=N)N. The maximum atomic E-state index is 6.57. The van der Waals surface area contributed by atoms with Crippen molar-refractivity contribution in [3.05, 3.63) is 6.92 Å². The molecule has 0 spiro atoms. The van der Waals surface area contributed by atoms with Gasteiger partial charge in [-0.3, -0.25) is 10.8 Å². The van der Waals surface area contributed by atoms with Crippen molar-refractivity contribution in [1.82, 2.24) is 10.9 Å². The molecule has 0 aliphatic carbocycles. The van der Waals surface area contributed by atoms with E-state index in [-0.39, 0.29) is 5.96 Å². The molecule has 4 heteroatoms. The van der Waals surface area contributed by atoms with E-state index in [1.54, 1.807) is 0 Å². The molecule has 0 aromatic heterocycles. The third-order valence-electron chi connectivity index (χ3n) is 0.348. The van der Waals surface area contributed by atoms with Crippen LogP contribution in [0.2, 0.25) is 0 Å². The van der Waals surface area contributed by atoms with Crippen molar-refractivity contribution in [2.45, 2.75) is 0 Å². The van der Waals surface area contributed by atoms with Gasteiger partial charge in [-0.05, 0) is 6.92 Å². The summed E-state index contributed by atoms with van der Waals surface area (Å²) in [5.41, 5.74) is 9.74. The molecule has 0 rings (SSSR count). The van der Waals surface area contributed by atoms with Gasteiger partial charge in [0, 0.05) is 6.54 Å². The highest BCUT2D eigenvalue weighted by molar-refractivity contribution is 5.73. The van der Waals surface area contributed by atoms with Crippen LogP contribution in [0.5, 0.6) is 0 Å². The van der Waals surface area contributed by atoms with Gasteiger partial charge in [0.25, 0.3) is 0 Å². The van der Waals surface area contributed by atoms with Gasteiger partial charge in [0.1, 0.15) is 0 Å². The van der Waals surface area contributed by atoms with E-state index in [4.69, 9.17) is 11.1 Å². The molecule has 5 N–H and O–H groups in total. The lowest BCUT2D eigenvalue weighted by Gasteiger charge is -1.99. The van der Waals surface area contributed by atoms with Gasteiger partial charge < -0.3 is 5.73 Å². The van der Waals surface area contributed by atoms with Crippen LogP contribution in [-0.2, 0) is 0 Å². The van der Waals surface area contributed by atoms with Gasteiger partial charge in [0.05, 0.1) is 0 Å². The van der Waals surface area contributed by atoms with E-state index in [0.717, 1.165) is 0 Å². The van der Waals surface area contributed by atoms with Crippen LogP contribution >= 0.6 is 0 Å². The molecule has 0 unspecified atom stereocenters. The molecular weight excluding hydrogens is 92.1 g/mol. The van der Waals surface area contributed by atoms with Crippen molar-refractivity contribution < 1.29 is 0 Å². The van der Waals surface area contributed by atoms with Crippen LogP contribution in [0, 0.1) is 12.3 Å². The van der Waals surface area contributed by atoms with E-state index in [1.807, 2.05) is 0 Å². The predicted octanol–water partition coefficient (Wildman–Crippen LogP) is -1.19. The van der Waals surface area contributed by atoms with Crippen molar-refractivity contribution in [2.75, 3.05) is 6.54 Å². The second kappa shape index (κ2) is 3.42. The largest absolute Gasteiger partial charge is 0.369 e. The number of nitrogens with one attached hydrogen (secondary N) is 3. The standard InChI is InChI=1S/C3H9N4/c1-2-6-7-3(4)5/h6H,1-2H2,(H4,4,5,7). The lowest BCUT2D eigenvalue weighted by atomic mass is 10.8. The average molecular weight is 101 g/mol. The Hall–Kier alpha value is -0.770. The first-order valence-corrected chi connectivity index (χ1v) is 1.89. The Balaban J connectivity index is 2.82. The van der Waals surface area contributed by atoms with E-state index in [0.29, 0.717) is 6.54 Å². The Kier molecular flexibility index (Phi) is 3.04. The molecule has 0 aliphatic rings. The third-order valence-corrected chi connectivity index (χ3v) is 0.348. The van der Waals surface area contributed by atoms with E-state index < -0.39 is 0 Å². The Labute approximate surface area is 42.6 Å². The summed E-state index contributed by atoms with van der Waals surface area (Å²) in [6.07, 6.45) is 0. The molecule has 0 atom stereocenters. The first-order chi connectivity index (χ1) is 3.27. The highest BCUT2D eigenvalue weighted by Gasteiger charge is 1.76. The summed E-state index contributed by atoms with van der Waals surface area (Å²) in [5, 5.41) is 6.57. The molecule has 7 heavy (non-hydrogen) atoms. The number of hydrazine groups is 1. The lowest BCUT2D eigenvalue weighted by molar-refractivity contribution is 0.704. The fourth-order valence-corrected chi connectivity index (χ4v) is 0.158. The van der Waals surface area contributed by atoms with E-state index >= 15 is 0 Å². The zero-order valence-electron chi connectivity index (χ0n) is 3.99. The minimum absolute atomic E-state index is 0.0938. The smallest absolute Gasteiger partial charge is 0.200 e. The third kappa shape index (κ3) is 5.23. The summed E-state index contributed by atoms with van der Waals surface area (Å²) < 4.78 is 0. The number of rotatable bonds is 2. The number of hydrogen-bond donors (Lipinski definition) is 4. The maximum Gasteiger partial charge on any atom is 0.200 e. The molecule has 0 saturated heterocycles. The summed E-state index contributed by atoms with van der Waals surface area (Å²) in [7, 11) is 0. The molecule has 0 aromatic rings. The fraction of sp³-hybridized carbons (Fsp3) is 0.333. The molecule has 4 nitrogen and oxygen atoms in total. The normalized spacial score (nSPS) is 8.14. The second-order valence-corrected chi connectivity index (χ2v) is 0.965. The second-order valence-electron chi connectivity index (χ2n) is 0.965. The predicted molar refractivity (Wildman–Crippen MR) is 28.4 cm³/mol. The Morgan fingerprint density at radius 3 is 2.57 bits per heavy atom. The summed E-state index contributed by atoms with van der Waals surface area (Å²) in [6.45, 7) is 3.95. The van der Waals surface area contributed by atoms with E-state index in [1.165, 1.54) is 0 Å². The van der Waals surface area contributed by atoms with E-state index in [9.17, 15) is 0 Å². The Bertz CT molecular complexity index is 60.0. The maximum absolute atomic E-state index is 6.57. The molecule has 41 valence electrons. The number of guanidine groups is 1. The van der Waals surface area contributed by atoms with Gasteiger partial charge in [-0.1, -0.05) is 0 Å². The summed E-state index contributed by atoms with van der Waals surface area (Å²) in [4.78, 5) is 0. The van der Waals surface area contributed by atoms with Crippen molar-refractivity contribution in [3.8, 4) is 0 Å². The van der Waals surface area contributed by atoms with Gasteiger partial charge in [-0.25, -0.2) is 5.43 Å². The summed E-state index contributed by atoms with van der Waals surface area (Å²) in [6, 6.07) is 0. The average Bonchev–Trinajstić information content (AvgIpc) is 1.61. The Morgan fingerprint density at radius 2 is 2.43 bits per heavy atom. The molecule has 0 bridgehead atoms. The molecule has 0 aliphatic heterocycles. The summed E-state index contributed by atoms with van der Waals surface area (Å²) in [5.74, 6) is -0.0938. The van der Waals surface area contributed by atoms with Crippen LogP contribution in [0.25, 0.3) is 0 Å². The van der Waals surface area contributed by atoms with Crippen LogP contribution < -0.4 is 16.6 Å². The topological polar surface area (TPSA) is 73.9 Å². The molecule has 0 amide bonds. The number of hydrogen-bond acceptors (Lipinski definition) is 2. The van der Waals surface area contributed by atoms with Gasteiger partial charge in [-0.15, -0.1) is 0 Å². The van der Waals surface area contributed by atoms with Crippen molar-refractivity contribution >= 4 is 5.96 Å². The zero-order valence-corrected chi connectivity index (χ0v) is 3.99. The minimum atomic E-state index is -0.0938. The molecule has 0 aromatic carbocycles. The van der Waals surface area contributed by atoms with Crippen LogP contribution in [0.15, 0.2) is 0 Å². The van der Waals surface area contributed by atoms with Crippen LogP contribution in [0.1, 0.15) is 0 Å². The lowest BCUT2D eigenvalue weighted by Crippen LogP contribution is -2.41. The van der Waals surface area contributed by atoms with Gasteiger partial charge in [0.2, 0.25) is 0 Å². The van der Waals surface area contributed by atoms with E-state index in [2.05, 4.69) is 17.8 Å². The molecule has 0 heterocycles. The monoisotopic (exact) mass is 101 g/mol. The van der Waals surface area contributed by atoms with Crippen molar-refractivity contribution in [1.29, 1.82) is 5.41 Å². The molecule has 0 fully saturated rings. The zero-order chi connectivity index (χ0) is 5.70. The minimum Gasteiger partial charge on any atom is -0.369 e. The van der Waals surface area contributed by atoms with Crippen LogP contribution in [-0.4, -0.2) is 12.5 Å². The highest BCUT2D eigenvalue weighted by atomic mass is 15.4. The van der Waals surface area contributed by atoms with Gasteiger partial charge >= 0.3 is 0 Å². The van der Waals surface area contributed by atoms with Crippen LogP contribution in [0.4, 0.5) is 0 Å². The molecule has 1 radical (unpaired) electrons. The highest BCUT2D eigenvalue weighted by Crippen LogP contribution is 1.42. The molecular formula is C3H9N4.